The number of allylic oxidation sites excluding steroid dienone is 2. The highest BCUT2D eigenvalue weighted by molar-refractivity contribution is 5.23. The van der Waals surface area contributed by atoms with E-state index in [-0.39, 0.29) is 0 Å². The van der Waals surface area contributed by atoms with Gasteiger partial charge >= 0.3 is 0 Å². The maximum Gasteiger partial charge on any atom is 0.126 e. The Morgan fingerprint density at radius 1 is 1.15 bits per heavy atom. The zero-order chi connectivity index (χ0) is 9.68. The Kier molecular flexibility index (Phi) is 3.56. The van der Waals surface area contributed by atoms with E-state index >= 15 is 0 Å². The molecule has 70 valence electrons. The van der Waals surface area contributed by atoms with Gasteiger partial charge in [-0.05, 0) is 38.0 Å². The fourth-order valence-corrected chi connectivity index (χ4v) is 1.00. The Morgan fingerprint density at radius 3 is 2.31 bits per heavy atom. The van der Waals surface area contributed by atoms with Crippen molar-refractivity contribution in [3.8, 4) is 5.75 Å². The molecule has 1 heteroatoms. The summed E-state index contributed by atoms with van der Waals surface area (Å²) in [5, 5.41) is 0. The van der Waals surface area contributed by atoms with Gasteiger partial charge in [0.1, 0.15) is 5.75 Å². The number of para-hydroxylation sites is 1. The van der Waals surface area contributed by atoms with Gasteiger partial charge in [-0.2, -0.15) is 0 Å². The second-order valence-electron chi connectivity index (χ2n) is 3.11. The molecule has 0 spiro atoms. The lowest BCUT2D eigenvalue weighted by Gasteiger charge is -2.08. The van der Waals surface area contributed by atoms with E-state index in [2.05, 4.69) is 13.8 Å². The standard InChI is InChI=1S/C12H16O/c1-4-10(2)11(3)13-12-8-6-5-7-9-12/h5-9H,4H2,1-3H3/b11-10+. The lowest BCUT2D eigenvalue weighted by molar-refractivity contribution is 0.419. The Bertz CT molecular complexity index is 285. The Balaban J connectivity index is 2.70. The molecule has 0 radical (unpaired) electrons. The van der Waals surface area contributed by atoms with Crippen molar-refractivity contribution in [1.82, 2.24) is 0 Å². The molecule has 0 aromatic heterocycles. The molecule has 0 amide bonds. The number of ether oxygens (including phenoxy) is 1. The maximum absolute atomic E-state index is 5.65. The van der Waals surface area contributed by atoms with Gasteiger partial charge in [0.05, 0.1) is 5.76 Å². The molecular weight excluding hydrogens is 160 g/mol. The van der Waals surface area contributed by atoms with E-state index in [9.17, 15) is 0 Å². The first kappa shape index (κ1) is 9.85. The summed E-state index contributed by atoms with van der Waals surface area (Å²) in [5.41, 5.74) is 1.30. The molecular formula is C12H16O. The maximum atomic E-state index is 5.65. The lowest BCUT2D eigenvalue weighted by Crippen LogP contribution is -1.93. The van der Waals surface area contributed by atoms with Crippen LogP contribution in [0.1, 0.15) is 27.2 Å². The molecule has 0 aliphatic rings. The largest absolute Gasteiger partial charge is 0.462 e. The van der Waals surface area contributed by atoms with Crippen LogP contribution in [0.15, 0.2) is 41.7 Å². The first-order chi connectivity index (χ1) is 6.24. The molecule has 0 saturated carbocycles. The topological polar surface area (TPSA) is 9.23 Å². The molecule has 0 bridgehead atoms. The zero-order valence-corrected chi connectivity index (χ0v) is 8.50. The first-order valence-electron chi connectivity index (χ1n) is 4.63. The van der Waals surface area contributed by atoms with E-state index < -0.39 is 0 Å². The van der Waals surface area contributed by atoms with Gasteiger partial charge in [-0.15, -0.1) is 0 Å². The van der Waals surface area contributed by atoms with E-state index in [0.29, 0.717) is 0 Å². The van der Waals surface area contributed by atoms with Crippen LogP contribution in [-0.4, -0.2) is 0 Å². The molecule has 0 heterocycles. The number of rotatable bonds is 3. The van der Waals surface area contributed by atoms with Gasteiger partial charge in [0.15, 0.2) is 0 Å². The molecule has 0 atom stereocenters. The van der Waals surface area contributed by atoms with Crippen molar-refractivity contribution in [1.29, 1.82) is 0 Å². The summed E-state index contributed by atoms with van der Waals surface area (Å²) in [6.07, 6.45) is 1.04. The van der Waals surface area contributed by atoms with E-state index in [1.165, 1.54) is 5.57 Å². The van der Waals surface area contributed by atoms with Crippen LogP contribution >= 0.6 is 0 Å². The molecule has 1 nitrogen and oxygen atoms in total. The Hall–Kier alpha value is -1.24. The Labute approximate surface area is 80.0 Å². The summed E-state index contributed by atoms with van der Waals surface area (Å²) in [6.45, 7) is 6.23. The van der Waals surface area contributed by atoms with Gasteiger partial charge in [0.25, 0.3) is 0 Å². The molecule has 0 fully saturated rings. The molecule has 13 heavy (non-hydrogen) atoms. The average Bonchev–Trinajstić information content (AvgIpc) is 2.18. The normalized spacial score (nSPS) is 12.2. The number of hydrogen-bond donors (Lipinski definition) is 0. The van der Waals surface area contributed by atoms with E-state index in [1.807, 2.05) is 37.3 Å². The van der Waals surface area contributed by atoms with Crippen molar-refractivity contribution in [3.63, 3.8) is 0 Å². The lowest BCUT2D eigenvalue weighted by atomic mass is 10.2. The minimum absolute atomic E-state index is 0.910. The summed E-state index contributed by atoms with van der Waals surface area (Å²) in [5.74, 6) is 1.92. The molecule has 0 N–H and O–H groups in total. The molecule has 1 rings (SSSR count). The monoisotopic (exact) mass is 176 g/mol. The third kappa shape index (κ3) is 2.94. The molecule has 0 unspecified atom stereocenters. The van der Waals surface area contributed by atoms with Crippen LogP contribution in [0.5, 0.6) is 5.75 Å². The average molecular weight is 176 g/mol. The minimum Gasteiger partial charge on any atom is -0.462 e. The highest BCUT2D eigenvalue weighted by Gasteiger charge is 1.97. The van der Waals surface area contributed by atoms with Crippen molar-refractivity contribution in [3.05, 3.63) is 41.7 Å². The quantitative estimate of drug-likeness (QED) is 0.637. The van der Waals surface area contributed by atoms with Crippen molar-refractivity contribution in [2.24, 2.45) is 0 Å². The van der Waals surface area contributed by atoms with Gasteiger partial charge < -0.3 is 4.74 Å². The SMILES string of the molecule is CC/C(C)=C(\C)Oc1ccccc1. The van der Waals surface area contributed by atoms with Crippen LogP contribution < -0.4 is 4.74 Å². The van der Waals surface area contributed by atoms with Crippen molar-refractivity contribution >= 4 is 0 Å². The van der Waals surface area contributed by atoms with Crippen LogP contribution in [0.3, 0.4) is 0 Å². The van der Waals surface area contributed by atoms with Crippen LogP contribution in [0, 0.1) is 0 Å². The van der Waals surface area contributed by atoms with Crippen LogP contribution in [0.2, 0.25) is 0 Å². The van der Waals surface area contributed by atoms with Crippen molar-refractivity contribution in [2.45, 2.75) is 27.2 Å². The van der Waals surface area contributed by atoms with Gasteiger partial charge in [-0.3, -0.25) is 0 Å². The molecule has 1 aromatic rings. The van der Waals surface area contributed by atoms with E-state index in [0.717, 1.165) is 17.9 Å². The number of benzene rings is 1. The Morgan fingerprint density at radius 2 is 1.77 bits per heavy atom. The van der Waals surface area contributed by atoms with Gasteiger partial charge in [-0.25, -0.2) is 0 Å². The minimum atomic E-state index is 0.910. The predicted molar refractivity (Wildman–Crippen MR) is 55.7 cm³/mol. The summed E-state index contributed by atoms with van der Waals surface area (Å²) in [7, 11) is 0. The summed E-state index contributed by atoms with van der Waals surface area (Å²) in [4.78, 5) is 0. The molecule has 0 aliphatic heterocycles. The zero-order valence-electron chi connectivity index (χ0n) is 8.50. The molecule has 1 aromatic carbocycles. The van der Waals surface area contributed by atoms with Gasteiger partial charge in [0.2, 0.25) is 0 Å². The fraction of sp³-hybridized carbons (Fsp3) is 0.333. The highest BCUT2D eigenvalue weighted by atomic mass is 16.5. The predicted octanol–water partition coefficient (Wildman–Crippen LogP) is 3.77. The smallest absolute Gasteiger partial charge is 0.126 e. The van der Waals surface area contributed by atoms with Crippen LogP contribution in [0.25, 0.3) is 0 Å². The van der Waals surface area contributed by atoms with Crippen molar-refractivity contribution < 1.29 is 4.74 Å². The van der Waals surface area contributed by atoms with Crippen LogP contribution in [0.4, 0.5) is 0 Å². The number of hydrogen-bond acceptors (Lipinski definition) is 1. The van der Waals surface area contributed by atoms with E-state index in [4.69, 9.17) is 4.74 Å². The third-order valence-electron chi connectivity index (χ3n) is 2.15. The summed E-state index contributed by atoms with van der Waals surface area (Å²) < 4.78 is 5.65. The van der Waals surface area contributed by atoms with E-state index in [1.54, 1.807) is 0 Å². The fourth-order valence-electron chi connectivity index (χ4n) is 1.00. The second-order valence-corrected chi connectivity index (χ2v) is 3.11. The summed E-state index contributed by atoms with van der Waals surface area (Å²) >= 11 is 0. The molecule has 0 aliphatic carbocycles. The molecule has 0 saturated heterocycles. The second kappa shape index (κ2) is 4.70. The first-order valence-corrected chi connectivity index (χ1v) is 4.63. The van der Waals surface area contributed by atoms with Crippen molar-refractivity contribution in [2.75, 3.05) is 0 Å². The third-order valence-corrected chi connectivity index (χ3v) is 2.15. The van der Waals surface area contributed by atoms with Gasteiger partial charge in [-0.1, -0.05) is 25.1 Å². The highest BCUT2D eigenvalue weighted by Crippen LogP contribution is 2.15. The van der Waals surface area contributed by atoms with Crippen LogP contribution in [-0.2, 0) is 0 Å². The summed E-state index contributed by atoms with van der Waals surface area (Å²) in [6, 6.07) is 9.87. The van der Waals surface area contributed by atoms with Gasteiger partial charge in [0, 0.05) is 0 Å².